The van der Waals surface area contributed by atoms with Crippen molar-refractivity contribution in [2.45, 2.75) is 76.7 Å². The zero-order valence-corrected chi connectivity index (χ0v) is 24.6. The monoisotopic (exact) mass is 562 g/mol. The molecule has 42 heavy (non-hydrogen) atoms. The van der Waals surface area contributed by atoms with Crippen LogP contribution < -0.4 is 10.1 Å². The van der Waals surface area contributed by atoms with Crippen molar-refractivity contribution in [1.82, 2.24) is 10.3 Å². The predicted molar refractivity (Wildman–Crippen MR) is 164 cm³/mol. The first-order chi connectivity index (χ1) is 20.1. The van der Waals surface area contributed by atoms with Crippen molar-refractivity contribution in [3.05, 3.63) is 101 Å². The van der Waals surface area contributed by atoms with Crippen LogP contribution in [0.3, 0.4) is 0 Å². The minimum atomic E-state index is -1.39. The van der Waals surface area contributed by atoms with Crippen molar-refractivity contribution in [2.75, 3.05) is 0 Å². The lowest BCUT2D eigenvalue weighted by molar-refractivity contribution is -0.144. The molecular weight excluding hydrogens is 524 g/mol. The van der Waals surface area contributed by atoms with Crippen LogP contribution in [0.2, 0.25) is 0 Å². The van der Waals surface area contributed by atoms with Crippen molar-refractivity contribution in [3.63, 3.8) is 0 Å². The number of carboxylic acids is 1. The molecule has 216 valence electrons. The third-order valence-electron chi connectivity index (χ3n) is 8.89. The summed E-state index contributed by atoms with van der Waals surface area (Å²) in [6.45, 7) is 6.56. The lowest BCUT2D eigenvalue weighted by Crippen LogP contribution is -2.55. The van der Waals surface area contributed by atoms with Crippen LogP contribution in [0.25, 0.3) is 10.8 Å². The highest BCUT2D eigenvalue weighted by molar-refractivity contribution is 6.00. The number of fused-ring (bicyclic) bond motifs is 2. The largest absolute Gasteiger partial charge is 0.479 e. The fraction of sp³-hybridized carbons (Fsp3) is 0.361. The number of nitrogens with zero attached hydrogens (tertiary/aromatic N) is 1. The summed E-state index contributed by atoms with van der Waals surface area (Å²) in [6.07, 6.45) is 6.00. The van der Waals surface area contributed by atoms with Crippen LogP contribution in [0, 0.1) is 5.92 Å². The van der Waals surface area contributed by atoms with E-state index in [0.717, 1.165) is 52.6 Å². The van der Waals surface area contributed by atoms with Gasteiger partial charge in [-0.25, -0.2) is 9.78 Å². The summed E-state index contributed by atoms with van der Waals surface area (Å²) >= 11 is 0. The Hall–Kier alpha value is -4.19. The van der Waals surface area contributed by atoms with Crippen molar-refractivity contribution < 1.29 is 19.4 Å². The van der Waals surface area contributed by atoms with E-state index in [2.05, 4.69) is 38.2 Å². The van der Waals surface area contributed by atoms with E-state index >= 15 is 0 Å². The quantitative estimate of drug-likeness (QED) is 0.245. The van der Waals surface area contributed by atoms with Crippen LogP contribution in [0.5, 0.6) is 11.5 Å². The molecule has 0 unspecified atom stereocenters. The highest BCUT2D eigenvalue weighted by Crippen LogP contribution is 2.34. The van der Waals surface area contributed by atoms with Crippen molar-refractivity contribution in [1.29, 1.82) is 0 Å². The van der Waals surface area contributed by atoms with Crippen LogP contribution in [0.4, 0.5) is 0 Å². The highest BCUT2D eigenvalue weighted by atomic mass is 16.5. The number of carboxylic acid groups (broad SMARTS) is 1. The van der Waals surface area contributed by atoms with Gasteiger partial charge in [-0.2, -0.15) is 0 Å². The smallest absolute Gasteiger partial charge is 0.330 e. The first kappa shape index (κ1) is 28.0. The summed E-state index contributed by atoms with van der Waals surface area (Å²) in [5.41, 5.74) is 2.94. The molecule has 6 nitrogen and oxygen atoms in total. The Bertz CT molecular complexity index is 1620. The van der Waals surface area contributed by atoms with Gasteiger partial charge in [0.05, 0.1) is 0 Å². The Morgan fingerprint density at radius 3 is 2.19 bits per heavy atom. The van der Waals surface area contributed by atoms with Gasteiger partial charge in [-0.1, -0.05) is 88.9 Å². The van der Waals surface area contributed by atoms with Gasteiger partial charge >= 0.3 is 5.97 Å². The molecule has 0 atom stereocenters. The van der Waals surface area contributed by atoms with Crippen molar-refractivity contribution in [3.8, 4) is 11.5 Å². The number of ether oxygens (including phenoxy) is 1. The molecule has 6 rings (SSSR count). The molecular formula is C36H38N2O4. The Kier molecular flexibility index (Phi) is 7.25. The van der Waals surface area contributed by atoms with Gasteiger partial charge in [0, 0.05) is 23.9 Å². The van der Waals surface area contributed by atoms with E-state index in [4.69, 9.17) is 9.72 Å². The molecule has 3 aromatic carbocycles. The van der Waals surface area contributed by atoms with Gasteiger partial charge < -0.3 is 15.2 Å². The summed E-state index contributed by atoms with van der Waals surface area (Å²) in [7, 11) is 0. The van der Waals surface area contributed by atoms with Crippen molar-refractivity contribution >= 4 is 22.6 Å². The van der Waals surface area contributed by atoms with Gasteiger partial charge in [0.15, 0.2) is 0 Å². The maximum Gasteiger partial charge on any atom is 0.330 e. The van der Waals surface area contributed by atoms with E-state index in [1.165, 1.54) is 18.4 Å². The third kappa shape index (κ3) is 5.63. The number of aromatic nitrogens is 1. The Balaban J connectivity index is 1.31. The Morgan fingerprint density at radius 1 is 0.929 bits per heavy atom. The van der Waals surface area contributed by atoms with E-state index in [9.17, 15) is 14.7 Å². The third-order valence-corrected chi connectivity index (χ3v) is 8.89. The first-order valence-electron chi connectivity index (χ1n) is 14.9. The number of carbonyl (C=O) groups excluding carboxylic acids is 1. The summed E-state index contributed by atoms with van der Waals surface area (Å²) in [5, 5.41) is 14.9. The van der Waals surface area contributed by atoms with E-state index in [1.54, 1.807) is 6.07 Å². The van der Waals surface area contributed by atoms with Gasteiger partial charge in [-0.05, 0) is 70.2 Å². The van der Waals surface area contributed by atoms with Gasteiger partial charge in [-0.3, -0.25) is 4.79 Å². The van der Waals surface area contributed by atoms with Gasteiger partial charge in [0.25, 0.3) is 5.91 Å². The fourth-order valence-corrected chi connectivity index (χ4v) is 6.47. The normalized spacial score (nSPS) is 16.4. The SMILES string of the molecule is CC(C)(C)c1ccc(Oc2ccc3cc(C(=O)NC4(C(=O)O)Cc5ccccc5C4)nc(CC4CCCC4)c3c2)cc1. The molecule has 1 saturated carbocycles. The molecule has 0 bridgehead atoms. The Labute approximate surface area is 247 Å². The highest BCUT2D eigenvalue weighted by Gasteiger charge is 2.45. The summed E-state index contributed by atoms with van der Waals surface area (Å²) in [6, 6.07) is 23.5. The van der Waals surface area contributed by atoms with Gasteiger partial charge in [0.1, 0.15) is 22.7 Å². The lowest BCUT2D eigenvalue weighted by Gasteiger charge is -2.25. The number of pyridine rings is 1. The fourth-order valence-electron chi connectivity index (χ4n) is 6.47. The van der Waals surface area contributed by atoms with E-state index in [0.29, 0.717) is 11.7 Å². The topological polar surface area (TPSA) is 88.5 Å². The zero-order valence-electron chi connectivity index (χ0n) is 24.6. The van der Waals surface area contributed by atoms with Crippen LogP contribution in [0.15, 0.2) is 72.8 Å². The summed E-state index contributed by atoms with van der Waals surface area (Å²) in [5.74, 6) is 0.505. The van der Waals surface area contributed by atoms with Gasteiger partial charge in [-0.15, -0.1) is 0 Å². The summed E-state index contributed by atoms with van der Waals surface area (Å²) in [4.78, 5) is 31.0. The van der Waals surface area contributed by atoms with E-state index < -0.39 is 17.4 Å². The molecule has 0 spiro atoms. The van der Waals surface area contributed by atoms with Crippen LogP contribution in [-0.4, -0.2) is 27.5 Å². The standard InChI is InChI=1S/C36H38N2O4/c1-35(2,3)27-13-16-28(17-14-27)42-29-15-12-24-19-32(37-31(30(24)20-29)18-23-8-4-5-9-23)33(39)38-36(34(40)41)21-25-10-6-7-11-26(25)22-36/h6-7,10-17,19-20,23H,4-5,8-9,18,21-22H2,1-3H3,(H,38,39)(H,40,41). The van der Waals surface area contributed by atoms with Gasteiger partial charge in [0.2, 0.25) is 0 Å². The number of nitrogens with one attached hydrogen (secondary N) is 1. The maximum absolute atomic E-state index is 13.6. The molecule has 1 amide bonds. The number of aliphatic carboxylic acids is 1. The molecule has 6 heteroatoms. The molecule has 0 radical (unpaired) electrons. The van der Waals surface area contributed by atoms with Crippen LogP contribution in [-0.2, 0) is 29.5 Å². The van der Waals surface area contributed by atoms with E-state index in [-0.39, 0.29) is 24.0 Å². The second kappa shape index (κ2) is 10.9. The number of rotatable bonds is 7. The maximum atomic E-state index is 13.6. The lowest BCUT2D eigenvalue weighted by atomic mass is 9.87. The minimum absolute atomic E-state index is 0.0676. The molecule has 2 aliphatic rings. The Morgan fingerprint density at radius 2 is 1.57 bits per heavy atom. The molecule has 4 aromatic rings. The molecule has 1 aromatic heterocycles. The van der Waals surface area contributed by atoms with Crippen molar-refractivity contribution in [2.24, 2.45) is 5.92 Å². The second-order valence-electron chi connectivity index (χ2n) is 13.0. The molecule has 0 aliphatic heterocycles. The number of carbonyl (C=O) groups is 2. The van der Waals surface area contributed by atoms with Crippen LogP contribution >= 0.6 is 0 Å². The first-order valence-corrected chi connectivity index (χ1v) is 14.9. The van der Waals surface area contributed by atoms with E-state index in [1.807, 2.05) is 54.6 Å². The average molecular weight is 563 g/mol. The molecule has 1 fully saturated rings. The van der Waals surface area contributed by atoms with Crippen LogP contribution in [0.1, 0.15) is 79.3 Å². The molecule has 2 N–H and O–H groups in total. The number of benzene rings is 3. The zero-order chi connectivity index (χ0) is 29.5. The number of hydrogen-bond donors (Lipinski definition) is 2. The molecule has 0 saturated heterocycles. The molecule has 1 heterocycles. The average Bonchev–Trinajstić information content (AvgIpc) is 3.61. The number of hydrogen-bond acceptors (Lipinski definition) is 4. The number of amides is 1. The summed E-state index contributed by atoms with van der Waals surface area (Å²) < 4.78 is 6.24. The predicted octanol–water partition coefficient (Wildman–Crippen LogP) is 7.41. The second-order valence-corrected chi connectivity index (χ2v) is 13.0. The minimum Gasteiger partial charge on any atom is -0.479 e. The molecule has 2 aliphatic carbocycles.